The molecule has 6 nitrogen and oxygen atoms in total. The molecule has 1 amide bonds. The molecule has 21 heavy (non-hydrogen) atoms. The summed E-state index contributed by atoms with van der Waals surface area (Å²) < 4.78 is 24.3. The van der Waals surface area contributed by atoms with Gasteiger partial charge in [0.1, 0.15) is 0 Å². The van der Waals surface area contributed by atoms with Gasteiger partial charge in [0.25, 0.3) is 0 Å². The SMILES string of the molecule is CS(=O)(=O)N1CCN(C(=O)Cc2ccc(CN)cc2)CC1. The molecule has 0 aromatic heterocycles. The lowest BCUT2D eigenvalue weighted by Crippen LogP contribution is -2.50. The summed E-state index contributed by atoms with van der Waals surface area (Å²) in [5, 5.41) is 0. The fourth-order valence-corrected chi connectivity index (χ4v) is 3.18. The van der Waals surface area contributed by atoms with Gasteiger partial charge in [0, 0.05) is 32.7 Å². The minimum Gasteiger partial charge on any atom is -0.340 e. The van der Waals surface area contributed by atoms with E-state index in [4.69, 9.17) is 5.73 Å². The Morgan fingerprint density at radius 1 is 1.10 bits per heavy atom. The van der Waals surface area contributed by atoms with E-state index >= 15 is 0 Å². The van der Waals surface area contributed by atoms with E-state index in [-0.39, 0.29) is 5.91 Å². The molecule has 1 fully saturated rings. The third-order valence-electron chi connectivity index (χ3n) is 3.67. The third kappa shape index (κ3) is 4.26. The van der Waals surface area contributed by atoms with Crippen LogP contribution in [-0.4, -0.2) is 56.0 Å². The predicted octanol–water partition coefficient (Wildman–Crippen LogP) is -0.208. The highest BCUT2D eigenvalue weighted by Crippen LogP contribution is 2.10. The number of amides is 1. The quantitative estimate of drug-likeness (QED) is 0.834. The number of piperazine rings is 1. The van der Waals surface area contributed by atoms with Crippen molar-refractivity contribution in [1.82, 2.24) is 9.21 Å². The van der Waals surface area contributed by atoms with Crippen molar-refractivity contribution >= 4 is 15.9 Å². The molecule has 0 aliphatic carbocycles. The highest BCUT2D eigenvalue weighted by Gasteiger charge is 2.25. The smallest absolute Gasteiger partial charge is 0.227 e. The van der Waals surface area contributed by atoms with E-state index in [9.17, 15) is 13.2 Å². The molecule has 1 aromatic carbocycles. The van der Waals surface area contributed by atoms with Gasteiger partial charge >= 0.3 is 0 Å². The van der Waals surface area contributed by atoms with E-state index in [1.807, 2.05) is 24.3 Å². The first kappa shape index (κ1) is 15.9. The second kappa shape index (κ2) is 6.55. The first-order valence-electron chi connectivity index (χ1n) is 6.91. The second-order valence-electron chi connectivity index (χ2n) is 5.24. The monoisotopic (exact) mass is 311 g/mol. The Morgan fingerprint density at radius 2 is 1.62 bits per heavy atom. The Bertz CT molecular complexity index is 590. The summed E-state index contributed by atoms with van der Waals surface area (Å²) in [6.07, 6.45) is 1.53. The normalized spacial score (nSPS) is 17.0. The minimum absolute atomic E-state index is 0.0312. The molecule has 1 aliphatic rings. The van der Waals surface area contributed by atoms with Crippen LogP contribution < -0.4 is 5.73 Å². The molecule has 0 bridgehead atoms. The lowest BCUT2D eigenvalue weighted by Gasteiger charge is -2.33. The van der Waals surface area contributed by atoms with Crippen molar-refractivity contribution in [2.24, 2.45) is 5.73 Å². The standard InChI is InChI=1S/C14H21N3O3S/c1-21(19,20)17-8-6-16(7-9-17)14(18)10-12-2-4-13(11-15)5-3-12/h2-5H,6-11,15H2,1H3. The molecule has 2 rings (SSSR count). The van der Waals surface area contributed by atoms with E-state index in [0.29, 0.717) is 39.1 Å². The van der Waals surface area contributed by atoms with Gasteiger partial charge in [0.05, 0.1) is 12.7 Å². The van der Waals surface area contributed by atoms with Crippen LogP contribution in [0.2, 0.25) is 0 Å². The molecule has 0 unspecified atom stereocenters. The van der Waals surface area contributed by atoms with Crippen molar-refractivity contribution in [3.63, 3.8) is 0 Å². The van der Waals surface area contributed by atoms with Gasteiger partial charge < -0.3 is 10.6 Å². The van der Waals surface area contributed by atoms with Gasteiger partial charge in [-0.2, -0.15) is 4.31 Å². The molecule has 1 aromatic rings. The highest BCUT2D eigenvalue weighted by atomic mass is 32.2. The maximum Gasteiger partial charge on any atom is 0.227 e. The summed E-state index contributed by atoms with van der Waals surface area (Å²) in [4.78, 5) is 13.9. The number of nitrogens with zero attached hydrogens (tertiary/aromatic N) is 2. The summed E-state index contributed by atoms with van der Waals surface area (Å²) in [6.45, 7) is 2.13. The molecule has 0 radical (unpaired) electrons. The van der Waals surface area contributed by atoms with Gasteiger partial charge in [0.15, 0.2) is 0 Å². The molecule has 1 saturated heterocycles. The molecule has 116 valence electrons. The number of nitrogens with two attached hydrogens (primary N) is 1. The number of rotatable bonds is 4. The van der Waals surface area contributed by atoms with Crippen LogP contribution in [0.5, 0.6) is 0 Å². The zero-order chi connectivity index (χ0) is 15.5. The summed E-state index contributed by atoms with van der Waals surface area (Å²) in [6, 6.07) is 7.66. The maximum atomic E-state index is 12.2. The zero-order valence-electron chi connectivity index (χ0n) is 12.2. The first-order chi connectivity index (χ1) is 9.90. The Labute approximate surface area is 125 Å². The second-order valence-corrected chi connectivity index (χ2v) is 7.22. The number of benzene rings is 1. The first-order valence-corrected chi connectivity index (χ1v) is 8.76. The molecule has 7 heteroatoms. The van der Waals surface area contributed by atoms with E-state index in [0.717, 1.165) is 11.1 Å². The van der Waals surface area contributed by atoms with Crippen LogP contribution in [-0.2, 0) is 27.8 Å². The van der Waals surface area contributed by atoms with E-state index in [2.05, 4.69) is 0 Å². The summed E-state index contributed by atoms with van der Waals surface area (Å²) >= 11 is 0. The van der Waals surface area contributed by atoms with Crippen molar-refractivity contribution in [1.29, 1.82) is 0 Å². The van der Waals surface area contributed by atoms with Crippen LogP contribution in [0.4, 0.5) is 0 Å². The summed E-state index contributed by atoms with van der Waals surface area (Å²) in [5.41, 5.74) is 7.52. The fourth-order valence-electron chi connectivity index (χ4n) is 2.35. The molecule has 1 aliphatic heterocycles. The Kier molecular flexibility index (Phi) is 4.97. The topological polar surface area (TPSA) is 83.7 Å². The van der Waals surface area contributed by atoms with Gasteiger partial charge in [-0.25, -0.2) is 8.42 Å². The zero-order valence-corrected chi connectivity index (χ0v) is 13.0. The lowest BCUT2D eigenvalue weighted by atomic mass is 10.1. The number of hydrogen-bond acceptors (Lipinski definition) is 4. The van der Waals surface area contributed by atoms with Crippen LogP contribution in [0, 0.1) is 0 Å². The van der Waals surface area contributed by atoms with E-state index < -0.39 is 10.0 Å². The van der Waals surface area contributed by atoms with Crippen LogP contribution in [0.15, 0.2) is 24.3 Å². The van der Waals surface area contributed by atoms with E-state index in [1.165, 1.54) is 10.6 Å². The van der Waals surface area contributed by atoms with Crippen molar-refractivity contribution in [2.45, 2.75) is 13.0 Å². The average molecular weight is 311 g/mol. The minimum atomic E-state index is -3.16. The lowest BCUT2D eigenvalue weighted by molar-refractivity contribution is -0.131. The highest BCUT2D eigenvalue weighted by molar-refractivity contribution is 7.88. The van der Waals surface area contributed by atoms with Gasteiger partial charge in [-0.15, -0.1) is 0 Å². The molecular weight excluding hydrogens is 290 g/mol. The maximum absolute atomic E-state index is 12.2. The third-order valence-corrected chi connectivity index (χ3v) is 4.98. The number of carbonyl (C=O) groups is 1. The van der Waals surface area contributed by atoms with Crippen LogP contribution in [0.3, 0.4) is 0 Å². The molecule has 0 saturated carbocycles. The Balaban J connectivity index is 1.90. The summed E-state index contributed by atoms with van der Waals surface area (Å²) in [5.74, 6) is 0.0312. The van der Waals surface area contributed by atoms with Crippen LogP contribution in [0.1, 0.15) is 11.1 Å². The van der Waals surface area contributed by atoms with Crippen molar-refractivity contribution in [2.75, 3.05) is 32.4 Å². The molecule has 0 atom stereocenters. The average Bonchev–Trinajstić information content (AvgIpc) is 2.47. The fraction of sp³-hybridized carbons (Fsp3) is 0.500. The molecule has 0 spiro atoms. The Morgan fingerprint density at radius 3 is 2.10 bits per heavy atom. The van der Waals surface area contributed by atoms with Gasteiger partial charge in [-0.1, -0.05) is 24.3 Å². The van der Waals surface area contributed by atoms with Crippen molar-refractivity contribution < 1.29 is 13.2 Å². The molecule has 1 heterocycles. The van der Waals surface area contributed by atoms with E-state index in [1.54, 1.807) is 4.90 Å². The van der Waals surface area contributed by atoms with Crippen molar-refractivity contribution in [3.8, 4) is 0 Å². The van der Waals surface area contributed by atoms with Crippen molar-refractivity contribution in [3.05, 3.63) is 35.4 Å². The van der Waals surface area contributed by atoms with Crippen LogP contribution >= 0.6 is 0 Å². The number of hydrogen-bond donors (Lipinski definition) is 1. The molecule has 2 N–H and O–H groups in total. The van der Waals surface area contributed by atoms with Gasteiger partial charge in [-0.3, -0.25) is 4.79 Å². The van der Waals surface area contributed by atoms with Gasteiger partial charge in [-0.05, 0) is 11.1 Å². The Hall–Kier alpha value is -1.44. The summed E-state index contributed by atoms with van der Waals surface area (Å²) in [7, 11) is -3.16. The largest absolute Gasteiger partial charge is 0.340 e. The van der Waals surface area contributed by atoms with Gasteiger partial charge in [0.2, 0.25) is 15.9 Å². The number of carbonyl (C=O) groups excluding carboxylic acids is 1. The van der Waals surface area contributed by atoms with Crippen LogP contribution in [0.25, 0.3) is 0 Å². The molecular formula is C14H21N3O3S. The number of sulfonamides is 1. The predicted molar refractivity (Wildman–Crippen MR) is 81.0 cm³/mol.